The summed E-state index contributed by atoms with van der Waals surface area (Å²) in [5, 5.41) is 7.03. The Morgan fingerprint density at radius 2 is 1.51 bits per heavy atom. The Morgan fingerprint density at radius 1 is 0.914 bits per heavy atom. The van der Waals surface area contributed by atoms with Crippen molar-refractivity contribution in [3.05, 3.63) is 71.8 Å². The van der Waals surface area contributed by atoms with E-state index in [1.54, 1.807) is 6.92 Å². The highest BCUT2D eigenvalue weighted by molar-refractivity contribution is 5.85. The van der Waals surface area contributed by atoms with Gasteiger partial charge >= 0.3 is 6.09 Å². The number of benzene rings is 2. The monoisotopic (exact) mass is 477 g/mol. The quantitative estimate of drug-likeness (QED) is 0.558. The average Bonchev–Trinajstić information content (AvgIpc) is 2.90. The lowest BCUT2D eigenvalue weighted by molar-refractivity contribution is -0.163. The van der Waals surface area contributed by atoms with Crippen LogP contribution in [-0.4, -0.2) is 47.2 Å². The summed E-state index contributed by atoms with van der Waals surface area (Å²) in [4.78, 5) is 26.0. The molecule has 2 aliphatic rings. The highest BCUT2D eigenvalue weighted by Gasteiger charge is 2.35. The topological polar surface area (TPSA) is 61.9 Å². The van der Waals surface area contributed by atoms with Crippen LogP contribution in [0, 0.1) is 5.92 Å². The molecule has 188 valence electrons. The average molecular weight is 478 g/mol. The molecule has 1 aliphatic heterocycles. The summed E-state index contributed by atoms with van der Waals surface area (Å²) in [5.41, 5.74) is 2.31. The summed E-state index contributed by atoms with van der Waals surface area (Å²) >= 11 is 0. The number of ether oxygens (including phenoxy) is 1. The minimum atomic E-state index is -0.637. The maximum atomic E-state index is 13.6. The Morgan fingerprint density at radius 3 is 2.14 bits per heavy atom. The van der Waals surface area contributed by atoms with Crippen LogP contribution in [0.4, 0.5) is 4.79 Å². The van der Waals surface area contributed by atoms with Crippen LogP contribution in [0.15, 0.2) is 60.7 Å². The fourth-order valence-corrected chi connectivity index (χ4v) is 5.36. The molecule has 0 radical (unpaired) electrons. The van der Waals surface area contributed by atoms with E-state index in [0.29, 0.717) is 5.92 Å². The third kappa shape index (κ3) is 7.31. The number of alkyl carbamates (subject to hydrolysis) is 1. The van der Waals surface area contributed by atoms with E-state index in [0.717, 1.165) is 63.6 Å². The van der Waals surface area contributed by atoms with Gasteiger partial charge < -0.3 is 10.1 Å². The van der Waals surface area contributed by atoms with E-state index in [1.807, 2.05) is 35.3 Å². The van der Waals surface area contributed by atoms with Crippen molar-refractivity contribution in [3.63, 3.8) is 0 Å². The van der Waals surface area contributed by atoms with Gasteiger partial charge in [-0.05, 0) is 56.1 Å². The number of hydrogen-bond donors (Lipinski definition) is 1. The zero-order valence-corrected chi connectivity index (χ0v) is 20.9. The van der Waals surface area contributed by atoms with Crippen LogP contribution in [-0.2, 0) is 22.6 Å². The molecule has 1 heterocycles. The van der Waals surface area contributed by atoms with Gasteiger partial charge in [0.15, 0.2) is 0 Å². The molecule has 1 N–H and O–H groups in total. The first kappa shape index (κ1) is 25.2. The number of carbonyl (C=O) groups excluding carboxylic acids is 2. The first-order valence-electron chi connectivity index (χ1n) is 13.2. The maximum absolute atomic E-state index is 13.6. The van der Waals surface area contributed by atoms with Crippen LogP contribution >= 0.6 is 0 Å². The number of nitrogens with one attached hydrogen (secondary N) is 1. The highest BCUT2D eigenvalue weighted by atomic mass is 16.5. The molecule has 1 saturated carbocycles. The van der Waals surface area contributed by atoms with E-state index >= 15 is 0 Å². The number of carbonyl (C=O) groups is 2. The molecule has 1 saturated heterocycles. The Balaban J connectivity index is 1.34. The van der Waals surface area contributed by atoms with Crippen LogP contribution < -0.4 is 5.32 Å². The van der Waals surface area contributed by atoms with Crippen molar-refractivity contribution in [2.24, 2.45) is 5.92 Å². The molecule has 2 aromatic carbocycles. The third-order valence-electron chi connectivity index (χ3n) is 7.33. The standard InChI is InChI=1S/C29H39N3O3/c1-23(30-29(34)35-22-26-13-7-3-8-14-26)28(33)32(27-15-9-4-10-16-27)31-19-17-25(18-20-31)21-24-11-5-2-6-12-24/h2-3,5-8,11-14,23,25,27H,4,9-10,15-22H2,1H3,(H,30,34). The number of nitrogens with zero attached hydrogens (tertiary/aromatic N) is 2. The molecule has 0 spiro atoms. The SMILES string of the molecule is CC(NC(=O)OCc1ccccc1)C(=O)N(C1CCCCC1)N1CCC(Cc2ccccc2)CC1. The molecule has 0 aromatic heterocycles. The number of piperidine rings is 1. The zero-order chi connectivity index (χ0) is 24.5. The van der Waals surface area contributed by atoms with Crippen molar-refractivity contribution in [1.82, 2.24) is 15.3 Å². The zero-order valence-electron chi connectivity index (χ0n) is 20.9. The minimum Gasteiger partial charge on any atom is -0.445 e. The Kier molecular flexibility index (Phi) is 9.18. The molecule has 1 aliphatic carbocycles. The second-order valence-electron chi connectivity index (χ2n) is 9.99. The van der Waals surface area contributed by atoms with Gasteiger partial charge in [-0.25, -0.2) is 9.80 Å². The summed E-state index contributed by atoms with van der Waals surface area (Å²) in [6, 6.07) is 19.8. The second-order valence-corrected chi connectivity index (χ2v) is 9.99. The van der Waals surface area contributed by atoms with Crippen LogP contribution in [0.3, 0.4) is 0 Å². The van der Waals surface area contributed by atoms with Crippen LogP contribution in [0.2, 0.25) is 0 Å². The molecule has 2 amide bonds. The predicted molar refractivity (Wildman–Crippen MR) is 137 cm³/mol. The number of hydrazine groups is 1. The second kappa shape index (κ2) is 12.7. The lowest BCUT2D eigenvalue weighted by atomic mass is 9.90. The number of hydrogen-bond acceptors (Lipinski definition) is 4. The molecule has 4 rings (SSSR count). The molecular formula is C29H39N3O3. The van der Waals surface area contributed by atoms with E-state index in [2.05, 4.69) is 40.7 Å². The van der Waals surface area contributed by atoms with Crippen molar-refractivity contribution in [2.45, 2.75) is 77.0 Å². The van der Waals surface area contributed by atoms with Gasteiger partial charge in [-0.3, -0.25) is 9.80 Å². The Labute approximate surface area is 209 Å². The fraction of sp³-hybridized carbons (Fsp3) is 0.517. The first-order chi connectivity index (χ1) is 17.1. The highest BCUT2D eigenvalue weighted by Crippen LogP contribution is 2.29. The predicted octanol–water partition coefficient (Wildman–Crippen LogP) is 5.33. The molecule has 2 aromatic rings. The van der Waals surface area contributed by atoms with Crippen molar-refractivity contribution < 1.29 is 14.3 Å². The van der Waals surface area contributed by atoms with Gasteiger partial charge in [0.05, 0.1) is 0 Å². The normalized spacial score (nSPS) is 18.5. The van der Waals surface area contributed by atoms with Crippen LogP contribution in [0.5, 0.6) is 0 Å². The molecular weight excluding hydrogens is 438 g/mol. The van der Waals surface area contributed by atoms with Gasteiger partial charge in [0, 0.05) is 19.1 Å². The Bertz CT molecular complexity index is 923. The molecule has 35 heavy (non-hydrogen) atoms. The smallest absolute Gasteiger partial charge is 0.408 e. The Hall–Kier alpha value is -2.86. The molecule has 6 heteroatoms. The van der Waals surface area contributed by atoms with Gasteiger partial charge in [-0.2, -0.15) is 0 Å². The van der Waals surface area contributed by atoms with Crippen molar-refractivity contribution in [1.29, 1.82) is 0 Å². The van der Waals surface area contributed by atoms with Crippen molar-refractivity contribution in [2.75, 3.05) is 13.1 Å². The third-order valence-corrected chi connectivity index (χ3v) is 7.33. The maximum Gasteiger partial charge on any atom is 0.408 e. The van der Waals surface area contributed by atoms with Gasteiger partial charge in [-0.15, -0.1) is 0 Å². The van der Waals surface area contributed by atoms with E-state index in [1.165, 1.54) is 12.0 Å². The fourth-order valence-electron chi connectivity index (χ4n) is 5.36. The molecule has 0 bridgehead atoms. The minimum absolute atomic E-state index is 0.0323. The summed E-state index contributed by atoms with van der Waals surface area (Å²) in [5.74, 6) is 0.607. The number of amides is 2. The lowest BCUT2D eigenvalue weighted by Crippen LogP contribution is -2.59. The molecule has 6 nitrogen and oxygen atoms in total. The van der Waals surface area contributed by atoms with Crippen LogP contribution in [0.25, 0.3) is 0 Å². The number of rotatable bonds is 8. The summed E-state index contributed by atoms with van der Waals surface area (Å²) in [6.07, 6.45) is 8.29. The van der Waals surface area contributed by atoms with Crippen molar-refractivity contribution in [3.8, 4) is 0 Å². The van der Waals surface area contributed by atoms with E-state index in [-0.39, 0.29) is 18.6 Å². The summed E-state index contributed by atoms with van der Waals surface area (Å²) < 4.78 is 5.36. The van der Waals surface area contributed by atoms with Crippen molar-refractivity contribution >= 4 is 12.0 Å². The summed E-state index contributed by atoms with van der Waals surface area (Å²) in [6.45, 7) is 3.72. The first-order valence-corrected chi connectivity index (χ1v) is 13.2. The summed E-state index contributed by atoms with van der Waals surface area (Å²) in [7, 11) is 0. The van der Waals surface area contributed by atoms with Gasteiger partial charge in [-0.1, -0.05) is 79.9 Å². The van der Waals surface area contributed by atoms with E-state index < -0.39 is 12.1 Å². The van der Waals surface area contributed by atoms with Gasteiger partial charge in [0.1, 0.15) is 12.6 Å². The van der Waals surface area contributed by atoms with Crippen LogP contribution in [0.1, 0.15) is 63.0 Å². The van der Waals surface area contributed by atoms with Gasteiger partial charge in [0.25, 0.3) is 5.91 Å². The largest absolute Gasteiger partial charge is 0.445 e. The molecule has 1 atom stereocenters. The molecule has 2 fully saturated rings. The van der Waals surface area contributed by atoms with E-state index in [9.17, 15) is 9.59 Å². The van der Waals surface area contributed by atoms with E-state index in [4.69, 9.17) is 4.74 Å². The van der Waals surface area contributed by atoms with Gasteiger partial charge in [0.2, 0.25) is 0 Å². The molecule has 1 unspecified atom stereocenters. The lowest BCUT2D eigenvalue weighted by Gasteiger charge is -2.45.